The number of nitriles is 1. The Morgan fingerprint density at radius 2 is 1.61 bits per heavy atom. The van der Waals surface area contributed by atoms with Crippen LogP contribution in [0.2, 0.25) is 0 Å². The Morgan fingerprint density at radius 3 is 1.89 bits per heavy atom. The fourth-order valence-corrected chi connectivity index (χ4v) is 1.44. The molecule has 0 aromatic rings. The van der Waals surface area contributed by atoms with E-state index >= 15 is 0 Å². The van der Waals surface area contributed by atoms with E-state index in [1.807, 2.05) is 0 Å². The largest absolute Gasteiger partial charge is 0.423 e. The first-order valence-electron chi connectivity index (χ1n) is 4.96. The zero-order valence-corrected chi connectivity index (χ0v) is 8.98. The van der Waals surface area contributed by atoms with Crippen molar-refractivity contribution in [3.05, 3.63) is 0 Å². The van der Waals surface area contributed by atoms with Crippen molar-refractivity contribution in [1.29, 1.82) is 5.26 Å². The predicted molar refractivity (Wildman–Crippen MR) is 47.1 cm³/mol. The van der Waals surface area contributed by atoms with Crippen LogP contribution in [0.1, 0.15) is 12.8 Å². The Bertz CT molecular complexity index is 328. The van der Waals surface area contributed by atoms with Gasteiger partial charge in [0.2, 0.25) is 6.10 Å². The number of nitrogens with two attached hydrogens (primary N) is 1. The van der Waals surface area contributed by atoms with Gasteiger partial charge in [-0.2, -0.15) is 31.6 Å². The molecule has 104 valence electrons. The van der Waals surface area contributed by atoms with Gasteiger partial charge >= 0.3 is 12.4 Å². The van der Waals surface area contributed by atoms with Gasteiger partial charge in [0.15, 0.2) is 0 Å². The highest BCUT2D eigenvalue weighted by atomic mass is 19.4. The fraction of sp³-hybridized carbons (Fsp3) is 0.889. The molecule has 0 saturated heterocycles. The molecule has 0 spiro atoms. The Morgan fingerprint density at radius 1 is 1.17 bits per heavy atom. The summed E-state index contributed by atoms with van der Waals surface area (Å²) in [6.45, 7) is -1.10. The van der Waals surface area contributed by atoms with Crippen LogP contribution in [0.15, 0.2) is 0 Å². The maximum absolute atomic E-state index is 12.1. The summed E-state index contributed by atoms with van der Waals surface area (Å²) in [6.07, 6.45) is -14.1. The lowest BCUT2D eigenvalue weighted by Crippen LogP contribution is -2.51. The van der Waals surface area contributed by atoms with Gasteiger partial charge in [0.25, 0.3) is 0 Å². The Kier molecular flexibility index (Phi) is 3.83. The van der Waals surface area contributed by atoms with Crippen molar-refractivity contribution < 1.29 is 31.1 Å². The Labute approximate surface area is 98.5 Å². The molecule has 0 aromatic heterocycles. The van der Waals surface area contributed by atoms with Crippen molar-refractivity contribution in [3.8, 4) is 6.07 Å². The average Bonchev–Trinajstić information content (AvgIpc) is 2.96. The first kappa shape index (κ1) is 15.0. The molecule has 18 heavy (non-hydrogen) atoms. The molecule has 0 amide bonds. The molecule has 2 N–H and O–H groups in total. The van der Waals surface area contributed by atoms with Gasteiger partial charge in [-0.3, -0.25) is 0 Å². The van der Waals surface area contributed by atoms with Gasteiger partial charge in [0.05, 0.1) is 12.7 Å². The molecule has 0 heterocycles. The molecule has 1 atom stereocenters. The summed E-state index contributed by atoms with van der Waals surface area (Å²) >= 11 is 0. The number of alkyl halides is 6. The van der Waals surface area contributed by atoms with Crippen molar-refractivity contribution in [2.45, 2.75) is 36.8 Å². The van der Waals surface area contributed by atoms with Crippen molar-refractivity contribution in [2.24, 2.45) is 11.7 Å². The second-order valence-corrected chi connectivity index (χ2v) is 4.20. The Hall–Kier alpha value is -1.01. The smallest absolute Gasteiger partial charge is 0.358 e. The number of hydrogen-bond acceptors (Lipinski definition) is 3. The van der Waals surface area contributed by atoms with Crippen molar-refractivity contribution in [2.75, 3.05) is 6.61 Å². The van der Waals surface area contributed by atoms with Crippen LogP contribution in [0.25, 0.3) is 0 Å². The molecule has 1 fully saturated rings. The van der Waals surface area contributed by atoms with Gasteiger partial charge in [0.1, 0.15) is 5.54 Å². The number of rotatable bonds is 4. The molecule has 9 heteroatoms. The van der Waals surface area contributed by atoms with Gasteiger partial charge in [-0.05, 0) is 18.8 Å². The van der Waals surface area contributed by atoms with E-state index < -0.39 is 36.5 Å². The maximum Gasteiger partial charge on any atom is 0.423 e. The van der Waals surface area contributed by atoms with Crippen LogP contribution in [-0.4, -0.2) is 30.6 Å². The monoisotopic (exact) mass is 276 g/mol. The van der Waals surface area contributed by atoms with Crippen LogP contribution >= 0.6 is 0 Å². The number of halogens is 6. The van der Waals surface area contributed by atoms with Gasteiger partial charge in [-0.1, -0.05) is 0 Å². The normalized spacial score (nSPS) is 20.6. The standard InChI is InChI=1S/C9H10F6N2O/c10-8(11,12)6(9(13,14)15)18-4-7(17,3-16)5-1-2-5/h5-6H,1-2,4,17H2. The first-order chi connectivity index (χ1) is 8.00. The number of hydrogen-bond donors (Lipinski definition) is 1. The minimum atomic E-state index is -5.59. The van der Waals surface area contributed by atoms with Gasteiger partial charge in [-0.15, -0.1) is 0 Å². The quantitative estimate of drug-likeness (QED) is 0.800. The lowest BCUT2D eigenvalue weighted by Gasteiger charge is -2.27. The molecular weight excluding hydrogens is 266 g/mol. The molecule has 0 radical (unpaired) electrons. The fourth-order valence-electron chi connectivity index (χ4n) is 1.44. The molecule has 1 unspecified atom stereocenters. The van der Waals surface area contributed by atoms with E-state index in [0.717, 1.165) is 0 Å². The van der Waals surface area contributed by atoms with Crippen molar-refractivity contribution in [3.63, 3.8) is 0 Å². The van der Waals surface area contributed by atoms with E-state index in [1.54, 1.807) is 0 Å². The molecule has 1 aliphatic rings. The average molecular weight is 276 g/mol. The summed E-state index contributed by atoms with van der Waals surface area (Å²) < 4.78 is 76.7. The van der Waals surface area contributed by atoms with Crippen LogP contribution in [0.5, 0.6) is 0 Å². The summed E-state index contributed by atoms with van der Waals surface area (Å²) in [7, 11) is 0. The summed E-state index contributed by atoms with van der Waals surface area (Å²) in [5, 5.41) is 8.70. The zero-order chi connectivity index (χ0) is 14.2. The number of ether oxygens (including phenoxy) is 1. The third kappa shape index (κ3) is 3.49. The molecule has 0 aliphatic heterocycles. The van der Waals surface area contributed by atoms with Crippen LogP contribution in [0.3, 0.4) is 0 Å². The van der Waals surface area contributed by atoms with Gasteiger partial charge in [-0.25, -0.2) is 0 Å². The summed E-state index contributed by atoms with van der Waals surface area (Å²) in [5.74, 6) is -0.412. The van der Waals surface area contributed by atoms with E-state index in [9.17, 15) is 26.3 Å². The molecule has 0 bridgehead atoms. The molecule has 1 rings (SSSR count). The molecule has 0 aromatic carbocycles. The van der Waals surface area contributed by atoms with E-state index in [4.69, 9.17) is 11.0 Å². The van der Waals surface area contributed by atoms with E-state index in [1.165, 1.54) is 6.07 Å². The predicted octanol–water partition coefficient (Wildman–Crippen LogP) is 2.13. The van der Waals surface area contributed by atoms with Gasteiger partial charge < -0.3 is 10.5 Å². The molecule has 1 saturated carbocycles. The lowest BCUT2D eigenvalue weighted by atomic mass is 9.98. The molecule has 1 aliphatic carbocycles. The highest BCUT2D eigenvalue weighted by Gasteiger charge is 2.59. The highest BCUT2D eigenvalue weighted by molar-refractivity contribution is 5.13. The van der Waals surface area contributed by atoms with Crippen LogP contribution in [-0.2, 0) is 4.74 Å². The second kappa shape index (κ2) is 4.59. The maximum atomic E-state index is 12.1. The third-order valence-electron chi connectivity index (χ3n) is 2.60. The van der Waals surface area contributed by atoms with Crippen molar-refractivity contribution in [1.82, 2.24) is 0 Å². The van der Waals surface area contributed by atoms with E-state index in [2.05, 4.69) is 4.74 Å². The Balaban J connectivity index is 2.72. The summed E-state index contributed by atoms with van der Waals surface area (Å²) in [6, 6.07) is 1.52. The van der Waals surface area contributed by atoms with Crippen LogP contribution in [0, 0.1) is 17.2 Å². The molecule has 3 nitrogen and oxygen atoms in total. The minimum Gasteiger partial charge on any atom is -0.358 e. The SMILES string of the molecule is N#CC(N)(COC(C(F)(F)F)C(F)(F)F)C1CC1. The van der Waals surface area contributed by atoms with Crippen molar-refractivity contribution >= 4 is 0 Å². The minimum absolute atomic E-state index is 0.412. The zero-order valence-electron chi connectivity index (χ0n) is 8.98. The highest BCUT2D eigenvalue weighted by Crippen LogP contribution is 2.40. The number of nitrogens with zero attached hydrogens (tertiary/aromatic N) is 1. The van der Waals surface area contributed by atoms with E-state index in [0.29, 0.717) is 12.8 Å². The van der Waals surface area contributed by atoms with Crippen LogP contribution in [0.4, 0.5) is 26.3 Å². The van der Waals surface area contributed by atoms with Crippen LogP contribution < -0.4 is 5.73 Å². The topological polar surface area (TPSA) is 59.0 Å². The third-order valence-corrected chi connectivity index (χ3v) is 2.60. The lowest BCUT2D eigenvalue weighted by molar-refractivity contribution is -0.323. The second-order valence-electron chi connectivity index (χ2n) is 4.20. The van der Waals surface area contributed by atoms with E-state index in [-0.39, 0.29) is 0 Å². The first-order valence-corrected chi connectivity index (χ1v) is 4.96. The molecular formula is C9H10F6N2O. The van der Waals surface area contributed by atoms with Gasteiger partial charge in [0, 0.05) is 0 Å². The summed E-state index contributed by atoms with van der Waals surface area (Å²) in [5.41, 5.74) is 3.62. The summed E-state index contributed by atoms with van der Waals surface area (Å²) in [4.78, 5) is 0.